The number of rotatable bonds is 4. The second-order valence-corrected chi connectivity index (χ2v) is 3.89. The van der Waals surface area contributed by atoms with Crippen LogP contribution in [0.15, 0.2) is 0 Å². The van der Waals surface area contributed by atoms with Crippen LogP contribution >= 0.6 is 0 Å². The lowest BCUT2D eigenvalue weighted by molar-refractivity contribution is -0.268. The van der Waals surface area contributed by atoms with Gasteiger partial charge in [0.25, 0.3) is 0 Å². The van der Waals surface area contributed by atoms with Crippen molar-refractivity contribution in [3.05, 3.63) is 0 Å². The van der Waals surface area contributed by atoms with Crippen LogP contribution < -0.4 is 5.32 Å². The van der Waals surface area contributed by atoms with Crippen molar-refractivity contribution >= 4 is 5.91 Å². The molecule has 7 heteroatoms. The van der Waals surface area contributed by atoms with Crippen LogP contribution in [0.1, 0.15) is 13.8 Å². The zero-order valence-electron chi connectivity index (χ0n) is 9.87. The summed E-state index contributed by atoms with van der Waals surface area (Å²) >= 11 is 0. The first-order valence-electron chi connectivity index (χ1n) is 5.52. The van der Waals surface area contributed by atoms with Gasteiger partial charge < -0.3 is 30.1 Å². The summed E-state index contributed by atoms with van der Waals surface area (Å²) in [7, 11) is 0. The molecule has 1 rings (SSSR count). The highest BCUT2D eigenvalue weighted by Gasteiger charge is 2.45. The standard InChI is InChI=1S/C10H19NO6/c1-3-16-10-7(11-5(2)13)9(15)8(14)6(4-12)17-10/h6-10,12,14-15H,3-4H2,1-2H3,(H,11,13)/t6-,7+,8+,9-,10-/m1/s1. The monoisotopic (exact) mass is 249 g/mol. The molecular weight excluding hydrogens is 230 g/mol. The van der Waals surface area contributed by atoms with Gasteiger partial charge in [0.15, 0.2) is 6.29 Å². The number of carbonyl (C=O) groups excluding carboxylic acids is 1. The van der Waals surface area contributed by atoms with Crippen LogP contribution in [0.5, 0.6) is 0 Å². The number of nitrogens with one attached hydrogen (secondary N) is 1. The summed E-state index contributed by atoms with van der Waals surface area (Å²) in [4.78, 5) is 11.0. The summed E-state index contributed by atoms with van der Waals surface area (Å²) in [6.07, 6.45) is -4.33. The van der Waals surface area contributed by atoms with Crippen molar-refractivity contribution in [2.24, 2.45) is 0 Å². The number of aliphatic hydroxyl groups excluding tert-OH is 3. The number of hydrogen-bond donors (Lipinski definition) is 4. The zero-order valence-corrected chi connectivity index (χ0v) is 9.87. The van der Waals surface area contributed by atoms with E-state index in [1.165, 1.54) is 6.92 Å². The third-order valence-electron chi connectivity index (χ3n) is 2.58. The van der Waals surface area contributed by atoms with Gasteiger partial charge in [0.05, 0.1) is 6.61 Å². The molecule has 0 aromatic carbocycles. The average molecular weight is 249 g/mol. The smallest absolute Gasteiger partial charge is 0.217 e. The normalized spacial score (nSPS) is 37.8. The molecule has 1 amide bonds. The maximum absolute atomic E-state index is 11.0. The van der Waals surface area contributed by atoms with Crippen molar-refractivity contribution in [3.63, 3.8) is 0 Å². The van der Waals surface area contributed by atoms with E-state index in [2.05, 4.69) is 5.32 Å². The Labute approximate surface area is 99.3 Å². The summed E-state index contributed by atoms with van der Waals surface area (Å²) in [5.74, 6) is -0.364. The Morgan fingerprint density at radius 2 is 2.06 bits per heavy atom. The molecule has 1 saturated heterocycles. The fraction of sp³-hybridized carbons (Fsp3) is 0.900. The Kier molecular flexibility index (Phi) is 5.29. The van der Waals surface area contributed by atoms with Crippen LogP contribution in [0.25, 0.3) is 0 Å². The first-order valence-corrected chi connectivity index (χ1v) is 5.52. The van der Waals surface area contributed by atoms with Gasteiger partial charge in [-0.25, -0.2) is 0 Å². The Balaban J connectivity index is 2.78. The van der Waals surface area contributed by atoms with E-state index in [4.69, 9.17) is 14.6 Å². The lowest BCUT2D eigenvalue weighted by Crippen LogP contribution is -2.64. The molecule has 4 N–H and O–H groups in total. The minimum absolute atomic E-state index is 0.321. The highest BCUT2D eigenvalue weighted by Crippen LogP contribution is 2.21. The molecule has 17 heavy (non-hydrogen) atoms. The molecule has 1 fully saturated rings. The van der Waals surface area contributed by atoms with Crippen LogP contribution in [-0.2, 0) is 14.3 Å². The molecule has 1 heterocycles. The van der Waals surface area contributed by atoms with Crippen molar-refractivity contribution in [1.82, 2.24) is 5.32 Å². The molecule has 0 aromatic heterocycles. The van der Waals surface area contributed by atoms with E-state index in [9.17, 15) is 15.0 Å². The molecule has 1 aliphatic heterocycles. The Hall–Kier alpha value is -0.730. The lowest BCUT2D eigenvalue weighted by atomic mass is 9.97. The van der Waals surface area contributed by atoms with E-state index < -0.39 is 37.3 Å². The van der Waals surface area contributed by atoms with Gasteiger partial charge in [-0.15, -0.1) is 0 Å². The molecule has 100 valence electrons. The van der Waals surface area contributed by atoms with Gasteiger partial charge in [-0.05, 0) is 6.92 Å². The molecule has 0 aromatic rings. The van der Waals surface area contributed by atoms with Crippen LogP contribution in [0.2, 0.25) is 0 Å². The van der Waals surface area contributed by atoms with Crippen molar-refractivity contribution in [2.75, 3.05) is 13.2 Å². The summed E-state index contributed by atoms with van der Waals surface area (Å²) in [5, 5.41) is 31.0. The first-order chi connectivity index (χ1) is 8.01. The topological polar surface area (TPSA) is 108 Å². The van der Waals surface area contributed by atoms with E-state index in [-0.39, 0.29) is 5.91 Å². The summed E-state index contributed by atoms with van der Waals surface area (Å²) < 4.78 is 10.5. The molecule has 1 aliphatic rings. The van der Waals surface area contributed by atoms with Crippen LogP contribution in [0, 0.1) is 0 Å². The number of amides is 1. The Bertz CT molecular complexity index is 261. The van der Waals surface area contributed by atoms with Crippen LogP contribution in [-0.4, -0.2) is 65.1 Å². The summed E-state index contributed by atoms with van der Waals surface area (Å²) in [5.41, 5.74) is 0. The number of carbonyl (C=O) groups is 1. The predicted octanol–water partition coefficient (Wildman–Crippen LogP) is -2.03. The minimum atomic E-state index is -1.27. The largest absolute Gasteiger partial charge is 0.394 e. The van der Waals surface area contributed by atoms with Gasteiger partial charge in [-0.1, -0.05) is 0 Å². The highest BCUT2D eigenvalue weighted by molar-refractivity contribution is 5.73. The fourth-order valence-corrected chi connectivity index (χ4v) is 1.78. The van der Waals surface area contributed by atoms with Crippen molar-refractivity contribution in [1.29, 1.82) is 0 Å². The molecule has 0 bridgehead atoms. The first kappa shape index (κ1) is 14.3. The van der Waals surface area contributed by atoms with Gasteiger partial charge in [0, 0.05) is 13.5 Å². The van der Waals surface area contributed by atoms with Gasteiger partial charge in [-0.3, -0.25) is 4.79 Å². The summed E-state index contributed by atoms with van der Waals surface area (Å²) in [6, 6.07) is -0.856. The second kappa shape index (κ2) is 6.27. The maximum Gasteiger partial charge on any atom is 0.217 e. The van der Waals surface area contributed by atoms with Gasteiger partial charge >= 0.3 is 0 Å². The quantitative estimate of drug-likeness (QED) is 0.457. The van der Waals surface area contributed by atoms with E-state index in [1.807, 2.05) is 0 Å². The van der Waals surface area contributed by atoms with Crippen molar-refractivity contribution < 1.29 is 29.6 Å². The minimum Gasteiger partial charge on any atom is -0.394 e. The van der Waals surface area contributed by atoms with Gasteiger partial charge in [-0.2, -0.15) is 0 Å². The Morgan fingerprint density at radius 3 is 2.53 bits per heavy atom. The summed E-state index contributed by atoms with van der Waals surface area (Å²) in [6.45, 7) is 2.91. The van der Waals surface area contributed by atoms with Crippen LogP contribution in [0.3, 0.4) is 0 Å². The maximum atomic E-state index is 11.0. The molecule has 0 aliphatic carbocycles. The zero-order chi connectivity index (χ0) is 13.0. The number of ether oxygens (including phenoxy) is 2. The molecule has 5 atom stereocenters. The number of hydrogen-bond acceptors (Lipinski definition) is 6. The molecule has 0 radical (unpaired) electrons. The third kappa shape index (κ3) is 3.36. The van der Waals surface area contributed by atoms with E-state index >= 15 is 0 Å². The van der Waals surface area contributed by atoms with E-state index in [0.717, 1.165) is 0 Å². The van der Waals surface area contributed by atoms with Crippen LogP contribution in [0.4, 0.5) is 0 Å². The van der Waals surface area contributed by atoms with Crippen molar-refractivity contribution in [3.8, 4) is 0 Å². The second-order valence-electron chi connectivity index (χ2n) is 3.89. The van der Waals surface area contributed by atoms with Gasteiger partial charge in [0.1, 0.15) is 24.4 Å². The predicted molar refractivity (Wildman–Crippen MR) is 57.0 cm³/mol. The fourth-order valence-electron chi connectivity index (χ4n) is 1.78. The third-order valence-corrected chi connectivity index (χ3v) is 2.58. The lowest BCUT2D eigenvalue weighted by Gasteiger charge is -2.42. The molecule has 0 unspecified atom stereocenters. The van der Waals surface area contributed by atoms with Crippen molar-refractivity contribution in [2.45, 2.75) is 44.5 Å². The molecule has 7 nitrogen and oxygen atoms in total. The van der Waals surface area contributed by atoms with Gasteiger partial charge in [0.2, 0.25) is 5.91 Å². The van der Waals surface area contributed by atoms with E-state index in [0.29, 0.717) is 6.61 Å². The SMILES string of the molecule is CCO[C@@H]1O[C@H](CO)[C@H](O)[C@H](O)[C@@H]1NC(C)=O. The average Bonchev–Trinajstić information content (AvgIpc) is 2.28. The molecule has 0 spiro atoms. The molecular formula is C10H19NO6. The van der Waals surface area contributed by atoms with E-state index in [1.54, 1.807) is 6.92 Å². The highest BCUT2D eigenvalue weighted by atomic mass is 16.7. The Morgan fingerprint density at radius 1 is 1.41 bits per heavy atom. The molecule has 0 saturated carbocycles. The number of aliphatic hydroxyl groups is 3.